The van der Waals surface area contributed by atoms with Crippen molar-refractivity contribution in [1.82, 2.24) is 15.0 Å². The van der Waals surface area contributed by atoms with Gasteiger partial charge in [-0.15, -0.1) is 11.3 Å². The summed E-state index contributed by atoms with van der Waals surface area (Å²) in [5.41, 5.74) is 6.45. The maximum Gasteiger partial charge on any atom is 0.259 e. The first-order chi connectivity index (χ1) is 10.9. The molecule has 0 atom stereocenters. The molecule has 7 nitrogen and oxygen atoms in total. The van der Waals surface area contributed by atoms with Crippen LogP contribution in [0.15, 0.2) is 17.5 Å². The lowest BCUT2D eigenvalue weighted by atomic mass is 10.1. The molecular weight excluding hydrogens is 341 g/mol. The van der Waals surface area contributed by atoms with Gasteiger partial charge in [0, 0.05) is 5.38 Å². The number of carbonyl (C=O) groups is 2. The Balaban J connectivity index is 1.90. The number of hydrogen-bond donors (Lipinski definition) is 4. The molecule has 10 heteroatoms. The highest BCUT2D eigenvalue weighted by Crippen LogP contribution is 2.21. The number of H-pyrrole nitrogens is 2. The van der Waals surface area contributed by atoms with E-state index in [1.54, 1.807) is 5.38 Å². The number of nitrogens with one attached hydrogen (secondary N) is 3. The summed E-state index contributed by atoms with van der Waals surface area (Å²) < 4.78 is 13.9. The van der Waals surface area contributed by atoms with Crippen LogP contribution in [-0.4, -0.2) is 26.8 Å². The smallest absolute Gasteiger partial charge is 0.259 e. The van der Waals surface area contributed by atoms with Gasteiger partial charge >= 0.3 is 0 Å². The quantitative estimate of drug-likeness (QED) is 0.539. The van der Waals surface area contributed by atoms with Crippen LogP contribution in [0.25, 0.3) is 11.0 Å². The van der Waals surface area contributed by atoms with Gasteiger partial charge in [-0.25, -0.2) is 9.37 Å². The summed E-state index contributed by atoms with van der Waals surface area (Å²) in [6.45, 7) is 0. The molecule has 0 fully saturated rings. The summed E-state index contributed by atoms with van der Waals surface area (Å²) in [4.78, 5) is 32.8. The first kappa shape index (κ1) is 15.3. The number of fused-ring (bicyclic) bond motifs is 1. The van der Waals surface area contributed by atoms with Gasteiger partial charge in [0.25, 0.3) is 5.91 Å². The van der Waals surface area contributed by atoms with Gasteiger partial charge in [-0.05, 0) is 24.4 Å². The van der Waals surface area contributed by atoms with Crippen LogP contribution in [0, 0.1) is 10.6 Å². The van der Waals surface area contributed by atoms with E-state index in [1.165, 1.54) is 6.07 Å². The summed E-state index contributed by atoms with van der Waals surface area (Å²) in [5, 5.41) is 4.47. The van der Waals surface area contributed by atoms with E-state index in [2.05, 4.69) is 20.3 Å². The van der Waals surface area contributed by atoms with E-state index in [-0.39, 0.29) is 21.9 Å². The summed E-state index contributed by atoms with van der Waals surface area (Å²) >= 11 is 6.10. The summed E-state index contributed by atoms with van der Waals surface area (Å²) in [6.07, 6.45) is -0.0124. The predicted octanol–water partition coefficient (Wildman–Crippen LogP) is 2.10. The second kappa shape index (κ2) is 5.89. The van der Waals surface area contributed by atoms with Crippen molar-refractivity contribution in [3.05, 3.63) is 39.4 Å². The zero-order chi connectivity index (χ0) is 16.6. The van der Waals surface area contributed by atoms with Crippen molar-refractivity contribution in [3.8, 4) is 0 Å². The lowest BCUT2D eigenvalue weighted by molar-refractivity contribution is -0.117. The molecule has 0 saturated carbocycles. The molecule has 2 heterocycles. The second-order valence-corrected chi connectivity index (χ2v) is 5.96. The predicted molar refractivity (Wildman–Crippen MR) is 86.4 cm³/mol. The molecule has 0 unspecified atom stereocenters. The van der Waals surface area contributed by atoms with Crippen molar-refractivity contribution in [2.24, 2.45) is 5.73 Å². The van der Waals surface area contributed by atoms with E-state index in [0.717, 1.165) is 17.4 Å². The molecule has 3 aromatic rings. The lowest BCUT2D eigenvalue weighted by Gasteiger charge is -2.03. The van der Waals surface area contributed by atoms with Gasteiger partial charge in [-0.1, -0.05) is 0 Å². The third kappa shape index (κ3) is 3.27. The third-order valence-corrected chi connectivity index (χ3v) is 3.97. The molecule has 2 amide bonds. The monoisotopic (exact) mass is 351 g/mol. The molecule has 0 saturated heterocycles. The molecular formula is C13H10FN5O2S2. The van der Waals surface area contributed by atoms with Crippen LogP contribution >= 0.6 is 23.6 Å². The Morgan fingerprint density at radius 3 is 2.91 bits per heavy atom. The first-order valence-electron chi connectivity index (χ1n) is 6.38. The maximum absolute atomic E-state index is 13.6. The number of hydrogen-bond acceptors (Lipinski definition) is 5. The molecule has 5 N–H and O–H groups in total. The number of nitrogens with zero attached hydrogens (tertiary/aromatic N) is 1. The highest BCUT2D eigenvalue weighted by atomic mass is 32.1. The molecule has 0 radical (unpaired) electrons. The number of halogens is 1. The molecule has 0 aliphatic heterocycles. The van der Waals surface area contributed by atoms with Crippen molar-refractivity contribution in [1.29, 1.82) is 0 Å². The topological polar surface area (TPSA) is 117 Å². The van der Waals surface area contributed by atoms with E-state index >= 15 is 0 Å². The minimum absolute atomic E-state index is 0.0124. The van der Waals surface area contributed by atoms with E-state index in [1.807, 2.05) is 0 Å². The summed E-state index contributed by atoms with van der Waals surface area (Å²) in [6, 6.07) is 2.35. The van der Waals surface area contributed by atoms with E-state index in [0.29, 0.717) is 16.7 Å². The Hall–Kier alpha value is -2.59. The number of aromatic nitrogens is 3. The number of benzene rings is 1. The van der Waals surface area contributed by atoms with Crippen LogP contribution in [-0.2, 0) is 11.2 Å². The Morgan fingerprint density at radius 2 is 2.17 bits per heavy atom. The van der Waals surface area contributed by atoms with Crippen LogP contribution in [0.5, 0.6) is 0 Å². The molecule has 0 spiro atoms. The van der Waals surface area contributed by atoms with Gasteiger partial charge in [0.2, 0.25) is 5.91 Å². The average Bonchev–Trinajstić information content (AvgIpc) is 3.02. The molecule has 1 aromatic carbocycles. The Bertz CT molecular complexity index is 974. The van der Waals surface area contributed by atoms with Crippen molar-refractivity contribution in [2.45, 2.75) is 6.42 Å². The molecule has 0 bridgehead atoms. The second-order valence-electron chi connectivity index (χ2n) is 4.70. The highest BCUT2D eigenvalue weighted by Gasteiger charge is 2.16. The van der Waals surface area contributed by atoms with Gasteiger partial charge < -0.3 is 15.7 Å². The Morgan fingerprint density at radius 1 is 1.39 bits per heavy atom. The fourth-order valence-corrected chi connectivity index (χ4v) is 2.99. The van der Waals surface area contributed by atoms with Gasteiger partial charge in [-0.2, -0.15) is 0 Å². The minimum Gasteiger partial charge on any atom is -0.369 e. The molecule has 2 aromatic heterocycles. The van der Waals surface area contributed by atoms with Crippen molar-refractivity contribution >= 4 is 51.5 Å². The van der Waals surface area contributed by atoms with Crippen LogP contribution in [0.4, 0.5) is 9.52 Å². The average molecular weight is 351 g/mol. The highest BCUT2D eigenvalue weighted by molar-refractivity contribution is 7.71. The summed E-state index contributed by atoms with van der Waals surface area (Å²) in [5.74, 6) is -1.62. The number of aromatic amines is 2. The number of thiazole rings is 1. The normalized spacial score (nSPS) is 10.8. The number of nitrogens with two attached hydrogens (primary N) is 1. The van der Waals surface area contributed by atoms with E-state index in [4.69, 9.17) is 18.0 Å². The van der Waals surface area contributed by atoms with Crippen LogP contribution in [0.2, 0.25) is 0 Å². The van der Waals surface area contributed by atoms with Gasteiger partial charge in [0.1, 0.15) is 5.82 Å². The zero-order valence-electron chi connectivity index (χ0n) is 11.5. The molecule has 118 valence electrons. The number of rotatable bonds is 4. The fraction of sp³-hybridized carbons (Fsp3) is 0.0769. The maximum atomic E-state index is 13.6. The van der Waals surface area contributed by atoms with Crippen molar-refractivity contribution in [3.63, 3.8) is 0 Å². The van der Waals surface area contributed by atoms with Crippen LogP contribution < -0.4 is 11.1 Å². The standard InChI is InChI=1S/C13H10FN5O2S2/c14-5-1-7(10-8(2-5)17-12(22)18-10)11(21)19-13-16-6(4-23-13)3-9(15)20/h1-2,4H,3H2,(H2,15,20)(H,16,19,21)(H2,17,18,22). The van der Waals surface area contributed by atoms with Crippen molar-refractivity contribution in [2.75, 3.05) is 5.32 Å². The SMILES string of the molecule is NC(=O)Cc1csc(NC(=O)c2cc(F)cc3[nH]c(=S)[nH]c23)n1. The summed E-state index contributed by atoms with van der Waals surface area (Å²) in [7, 11) is 0. The largest absolute Gasteiger partial charge is 0.369 e. The van der Waals surface area contributed by atoms with E-state index in [9.17, 15) is 14.0 Å². The number of carbonyl (C=O) groups excluding carboxylic acids is 2. The van der Waals surface area contributed by atoms with Crippen LogP contribution in [0.1, 0.15) is 16.1 Å². The molecule has 0 aliphatic rings. The molecule has 3 rings (SSSR count). The van der Waals surface area contributed by atoms with Crippen molar-refractivity contribution < 1.29 is 14.0 Å². The Labute approximate surface area is 137 Å². The van der Waals surface area contributed by atoms with Gasteiger partial charge in [0.05, 0.1) is 28.7 Å². The lowest BCUT2D eigenvalue weighted by Crippen LogP contribution is -2.15. The number of anilines is 1. The van der Waals surface area contributed by atoms with Gasteiger partial charge in [0.15, 0.2) is 9.90 Å². The zero-order valence-corrected chi connectivity index (χ0v) is 13.1. The third-order valence-electron chi connectivity index (χ3n) is 2.96. The fourth-order valence-electron chi connectivity index (χ4n) is 2.07. The van der Waals surface area contributed by atoms with Crippen LogP contribution in [0.3, 0.4) is 0 Å². The molecule has 0 aliphatic carbocycles. The number of amides is 2. The number of primary amides is 1. The first-order valence-corrected chi connectivity index (χ1v) is 7.67. The number of imidazole rings is 1. The Kier molecular flexibility index (Phi) is 3.92. The van der Waals surface area contributed by atoms with Gasteiger partial charge in [-0.3, -0.25) is 14.9 Å². The molecule has 23 heavy (non-hydrogen) atoms. The van der Waals surface area contributed by atoms with E-state index < -0.39 is 17.6 Å². The minimum atomic E-state index is -0.568.